The van der Waals surface area contributed by atoms with Crippen molar-refractivity contribution in [2.75, 3.05) is 6.61 Å². The van der Waals surface area contributed by atoms with E-state index >= 15 is 0 Å². The largest absolute Gasteiger partial charge is 0.479 e. The molecule has 9 nitrogen and oxygen atoms in total. The number of sulfonamides is 1. The highest BCUT2D eigenvalue weighted by atomic mass is 35.5. The summed E-state index contributed by atoms with van der Waals surface area (Å²) in [4.78, 5) is 25.1. The van der Waals surface area contributed by atoms with Crippen molar-refractivity contribution in [3.05, 3.63) is 33.3 Å². The molecule has 0 heterocycles. The van der Waals surface area contributed by atoms with Crippen LogP contribution in [-0.4, -0.2) is 31.0 Å². The van der Waals surface area contributed by atoms with Crippen molar-refractivity contribution in [1.29, 1.82) is 0 Å². The Labute approximate surface area is 111 Å². The van der Waals surface area contributed by atoms with Crippen molar-refractivity contribution in [2.24, 2.45) is 0 Å². The molecule has 0 aliphatic heterocycles. The number of nitro benzene ring substituents is 1. The number of nitro groups is 1. The average Bonchev–Trinajstić information content (AvgIpc) is 2.27. The number of hydrogen-bond donors (Lipinski definition) is 2. The summed E-state index contributed by atoms with van der Waals surface area (Å²) in [6.45, 7) is -0.894. The van der Waals surface area contributed by atoms with Crippen LogP contribution < -0.4 is 4.89 Å². The van der Waals surface area contributed by atoms with Gasteiger partial charge in [-0.1, -0.05) is 16.5 Å². The van der Waals surface area contributed by atoms with E-state index in [-0.39, 0.29) is 5.02 Å². The quantitative estimate of drug-likeness (QED) is 0.578. The Balaban J connectivity index is 2.99. The lowest BCUT2D eigenvalue weighted by Crippen LogP contribution is -2.26. The summed E-state index contributed by atoms with van der Waals surface area (Å²) >= 11 is 5.52. The average molecular weight is 311 g/mol. The van der Waals surface area contributed by atoms with Crippen LogP contribution in [0, 0.1) is 10.1 Å². The van der Waals surface area contributed by atoms with Crippen molar-refractivity contribution in [3.8, 4) is 0 Å². The second kappa shape index (κ2) is 5.93. The molecule has 0 atom stereocenters. The van der Waals surface area contributed by atoms with Crippen LogP contribution in [0.5, 0.6) is 0 Å². The van der Waals surface area contributed by atoms with E-state index < -0.39 is 38.1 Å². The number of hydrogen-bond acceptors (Lipinski definition) is 6. The summed E-state index contributed by atoms with van der Waals surface area (Å²) < 4.78 is 23.2. The standard InChI is InChI=1S/C8H7ClN2O7S/c9-6-2-1-5(3-7(6)11(14)15)19(16,17)10-18-4-8(12)13/h1-3,10H,4H2,(H,12,13). The van der Waals surface area contributed by atoms with Crippen LogP contribution in [0.25, 0.3) is 0 Å². The molecule has 0 fully saturated rings. The van der Waals surface area contributed by atoms with Gasteiger partial charge < -0.3 is 5.11 Å². The highest BCUT2D eigenvalue weighted by Gasteiger charge is 2.21. The molecule has 0 radical (unpaired) electrons. The maximum absolute atomic E-state index is 11.6. The number of carbonyl (C=O) groups is 1. The Morgan fingerprint density at radius 3 is 2.68 bits per heavy atom. The molecule has 0 aliphatic rings. The summed E-state index contributed by atoms with van der Waals surface area (Å²) in [6, 6.07) is 2.78. The minimum atomic E-state index is -4.23. The predicted octanol–water partition coefficient (Wildman–Crippen LogP) is 0.543. The van der Waals surface area contributed by atoms with Crippen LogP contribution in [0.4, 0.5) is 5.69 Å². The van der Waals surface area contributed by atoms with Gasteiger partial charge in [-0.25, -0.2) is 13.2 Å². The summed E-state index contributed by atoms with van der Waals surface area (Å²) in [7, 11) is -4.23. The smallest absolute Gasteiger partial charge is 0.331 e. The molecule has 2 N–H and O–H groups in total. The van der Waals surface area contributed by atoms with Crippen molar-refractivity contribution in [2.45, 2.75) is 4.90 Å². The molecule has 0 unspecified atom stereocenters. The van der Waals surface area contributed by atoms with Crippen LogP contribution in [0.2, 0.25) is 5.02 Å². The fraction of sp³-hybridized carbons (Fsp3) is 0.125. The molecule has 11 heteroatoms. The molecule has 0 bridgehead atoms. The van der Waals surface area contributed by atoms with E-state index in [9.17, 15) is 23.3 Å². The van der Waals surface area contributed by atoms with Gasteiger partial charge in [0.25, 0.3) is 15.7 Å². The second-order valence-electron chi connectivity index (χ2n) is 3.14. The molecule has 1 rings (SSSR count). The maximum atomic E-state index is 11.6. The highest BCUT2D eigenvalue weighted by molar-refractivity contribution is 7.89. The van der Waals surface area contributed by atoms with Gasteiger partial charge >= 0.3 is 5.97 Å². The van der Waals surface area contributed by atoms with Crippen molar-refractivity contribution >= 4 is 33.3 Å². The van der Waals surface area contributed by atoms with Gasteiger partial charge in [0.1, 0.15) is 5.02 Å². The number of aliphatic carboxylic acids is 1. The molecule has 0 aromatic heterocycles. The summed E-state index contributed by atoms with van der Waals surface area (Å²) in [5.41, 5.74) is -0.595. The van der Waals surface area contributed by atoms with E-state index in [1.54, 1.807) is 0 Å². The van der Waals surface area contributed by atoms with Gasteiger partial charge in [0.05, 0.1) is 9.82 Å². The fourth-order valence-electron chi connectivity index (χ4n) is 1.02. The Morgan fingerprint density at radius 2 is 2.16 bits per heavy atom. The van der Waals surface area contributed by atoms with Crippen molar-refractivity contribution in [1.82, 2.24) is 4.89 Å². The van der Waals surface area contributed by atoms with E-state index in [1.165, 1.54) is 4.89 Å². The Bertz CT molecular complexity index is 616. The third-order valence-electron chi connectivity index (χ3n) is 1.79. The number of benzene rings is 1. The molecule has 104 valence electrons. The van der Waals surface area contributed by atoms with Crippen LogP contribution >= 0.6 is 11.6 Å². The first-order chi connectivity index (χ1) is 8.74. The molecule has 0 amide bonds. The summed E-state index contributed by atoms with van der Waals surface area (Å²) in [6.07, 6.45) is 0. The lowest BCUT2D eigenvalue weighted by Gasteiger charge is -2.05. The zero-order chi connectivity index (χ0) is 14.6. The molecule has 1 aromatic carbocycles. The SMILES string of the molecule is O=C(O)CONS(=O)(=O)c1ccc(Cl)c([N+](=O)[O-])c1. The molecule has 0 spiro atoms. The van der Waals surface area contributed by atoms with Crippen LogP contribution in [0.1, 0.15) is 0 Å². The first-order valence-electron chi connectivity index (χ1n) is 4.53. The summed E-state index contributed by atoms with van der Waals surface area (Å²) in [5.74, 6) is -1.38. The van der Waals surface area contributed by atoms with Gasteiger partial charge in [0, 0.05) is 6.07 Å². The van der Waals surface area contributed by atoms with Gasteiger partial charge in [0.2, 0.25) is 0 Å². The molecular weight excluding hydrogens is 304 g/mol. The second-order valence-corrected chi connectivity index (χ2v) is 5.19. The van der Waals surface area contributed by atoms with Crippen molar-refractivity contribution < 1.29 is 28.1 Å². The van der Waals surface area contributed by atoms with Gasteiger partial charge in [-0.05, 0) is 12.1 Å². The monoisotopic (exact) mass is 310 g/mol. The molecule has 1 aromatic rings. The Kier molecular flexibility index (Phi) is 4.78. The third-order valence-corrected chi connectivity index (χ3v) is 3.32. The first-order valence-corrected chi connectivity index (χ1v) is 6.39. The van der Waals surface area contributed by atoms with E-state index in [1.807, 2.05) is 0 Å². The van der Waals surface area contributed by atoms with Gasteiger partial charge in [-0.15, -0.1) is 0 Å². The van der Waals surface area contributed by atoms with Crippen LogP contribution in [0.3, 0.4) is 0 Å². The van der Waals surface area contributed by atoms with E-state index in [0.29, 0.717) is 0 Å². The topological polar surface area (TPSA) is 136 Å². The maximum Gasteiger partial charge on any atom is 0.331 e. The zero-order valence-electron chi connectivity index (χ0n) is 9.07. The Hall–Kier alpha value is -1.75. The van der Waals surface area contributed by atoms with Gasteiger partial charge in [0.15, 0.2) is 6.61 Å². The minimum Gasteiger partial charge on any atom is -0.479 e. The number of halogens is 1. The number of nitrogens with one attached hydrogen (secondary N) is 1. The minimum absolute atomic E-state index is 0.226. The molecular formula is C8H7ClN2O7S. The number of carboxylic acids is 1. The lowest BCUT2D eigenvalue weighted by molar-refractivity contribution is -0.384. The highest BCUT2D eigenvalue weighted by Crippen LogP contribution is 2.26. The van der Waals surface area contributed by atoms with E-state index in [4.69, 9.17) is 16.7 Å². The number of rotatable bonds is 6. The van der Waals surface area contributed by atoms with Crippen molar-refractivity contribution in [3.63, 3.8) is 0 Å². The van der Waals surface area contributed by atoms with E-state index in [0.717, 1.165) is 18.2 Å². The molecule has 0 aliphatic carbocycles. The first kappa shape index (κ1) is 15.3. The normalized spacial score (nSPS) is 11.2. The van der Waals surface area contributed by atoms with E-state index in [2.05, 4.69) is 4.84 Å². The number of carboxylic acid groups (broad SMARTS) is 1. The molecule has 19 heavy (non-hydrogen) atoms. The van der Waals surface area contributed by atoms with Crippen LogP contribution in [0.15, 0.2) is 23.1 Å². The third kappa shape index (κ3) is 4.13. The summed E-state index contributed by atoms with van der Waals surface area (Å²) in [5, 5.41) is 18.6. The fourth-order valence-corrected chi connectivity index (χ4v) is 2.03. The zero-order valence-corrected chi connectivity index (χ0v) is 10.6. The van der Waals surface area contributed by atoms with Gasteiger partial charge in [-0.2, -0.15) is 0 Å². The molecule has 0 saturated heterocycles. The molecule has 0 saturated carbocycles. The lowest BCUT2D eigenvalue weighted by atomic mass is 10.3. The number of nitrogens with zero attached hydrogens (tertiary/aromatic N) is 1. The predicted molar refractivity (Wildman–Crippen MR) is 62.0 cm³/mol. The van der Waals surface area contributed by atoms with Gasteiger partial charge in [-0.3, -0.25) is 15.0 Å². The van der Waals surface area contributed by atoms with Crippen LogP contribution in [-0.2, 0) is 19.7 Å². The Morgan fingerprint density at radius 1 is 1.53 bits per heavy atom.